The van der Waals surface area contributed by atoms with Crippen LogP contribution in [0.1, 0.15) is 48.7 Å². The number of anilines is 1. The van der Waals surface area contributed by atoms with E-state index in [1.54, 1.807) is 11.3 Å². The summed E-state index contributed by atoms with van der Waals surface area (Å²) < 4.78 is 5.60. The maximum Gasteiger partial charge on any atom is 0.279 e. The van der Waals surface area contributed by atoms with Crippen molar-refractivity contribution in [3.8, 4) is 5.75 Å². The summed E-state index contributed by atoms with van der Waals surface area (Å²) in [6.07, 6.45) is 0. The van der Waals surface area contributed by atoms with E-state index in [0.29, 0.717) is 30.5 Å². The van der Waals surface area contributed by atoms with Crippen molar-refractivity contribution in [1.29, 1.82) is 0 Å². The lowest BCUT2D eigenvalue weighted by molar-refractivity contribution is -0.675. The second-order valence-corrected chi connectivity index (χ2v) is 8.21. The molecule has 2 aromatic carbocycles. The number of amides is 1. The molecular formula is C24H29N2O2S+. The lowest BCUT2D eigenvalue weighted by Gasteiger charge is -2.16. The minimum Gasteiger partial charge on any atom is -0.492 e. The Bertz CT molecular complexity index is 905. The van der Waals surface area contributed by atoms with Gasteiger partial charge in [-0.25, -0.2) is 0 Å². The number of hydrogen-bond acceptors (Lipinski definition) is 3. The molecule has 1 amide bonds. The van der Waals surface area contributed by atoms with Gasteiger partial charge in [-0.05, 0) is 42.0 Å². The van der Waals surface area contributed by atoms with E-state index in [0.717, 1.165) is 0 Å². The van der Waals surface area contributed by atoms with E-state index in [-0.39, 0.29) is 11.9 Å². The Morgan fingerprint density at radius 3 is 2.41 bits per heavy atom. The van der Waals surface area contributed by atoms with Crippen molar-refractivity contribution in [2.75, 3.05) is 18.5 Å². The second kappa shape index (κ2) is 10.2. The van der Waals surface area contributed by atoms with Crippen molar-refractivity contribution < 1.29 is 14.8 Å². The number of quaternary nitrogens is 1. The van der Waals surface area contributed by atoms with Gasteiger partial charge in [-0.3, -0.25) is 4.79 Å². The van der Waals surface area contributed by atoms with E-state index in [1.807, 2.05) is 31.2 Å². The summed E-state index contributed by atoms with van der Waals surface area (Å²) in [5.74, 6) is 1.16. The molecule has 0 bridgehead atoms. The molecule has 4 nitrogen and oxygen atoms in total. The predicted octanol–water partition coefficient (Wildman–Crippen LogP) is 4.56. The van der Waals surface area contributed by atoms with Crippen LogP contribution >= 0.6 is 11.3 Å². The average Bonchev–Trinajstić information content (AvgIpc) is 3.25. The molecule has 1 aromatic heterocycles. The van der Waals surface area contributed by atoms with Gasteiger partial charge in [-0.2, -0.15) is 0 Å². The molecular weight excluding hydrogens is 380 g/mol. The van der Waals surface area contributed by atoms with Crippen molar-refractivity contribution in [2.45, 2.75) is 32.7 Å². The molecule has 152 valence electrons. The Morgan fingerprint density at radius 2 is 1.76 bits per heavy atom. The standard InChI is InChI=1S/C24H28N2O2S/c1-4-28-21-9-6-5-8-20(21)26-23(27)16-25-24(22-10-7-15-29-22)19-13-11-18(12-14-19)17(2)3/h5-15,17,24-25H,4,16H2,1-3H3,(H,26,27)/p+1/t24-/m1/s1. The highest BCUT2D eigenvalue weighted by Gasteiger charge is 2.20. The summed E-state index contributed by atoms with van der Waals surface area (Å²) in [5.41, 5.74) is 3.24. The van der Waals surface area contributed by atoms with E-state index in [9.17, 15) is 4.79 Å². The highest BCUT2D eigenvalue weighted by atomic mass is 32.1. The molecule has 3 rings (SSSR count). The fourth-order valence-electron chi connectivity index (χ4n) is 3.25. The summed E-state index contributed by atoms with van der Waals surface area (Å²) in [4.78, 5) is 13.9. The number of para-hydroxylation sites is 2. The van der Waals surface area contributed by atoms with Crippen LogP contribution in [0.25, 0.3) is 0 Å². The summed E-state index contributed by atoms with van der Waals surface area (Å²) in [7, 11) is 0. The van der Waals surface area contributed by atoms with Crippen molar-refractivity contribution in [3.63, 3.8) is 0 Å². The Labute approximate surface area is 176 Å². The highest BCUT2D eigenvalue weighted by molar-refractivity contribution is 7.10. The highest BCUT2D eigenvalue weighted by Crippen LogP contribution is 2.25. The van der Waals surface area contributed by atoms with Crippen molar-refractivity contribution in [1.82, 2.24) is 0 Å². The van der Waals surface area contributed by atoms with E-state index < -0.39 is 0 Å². The minimum absolute atomic E-state index is 0.0440. The van der Waals surface area contributed by atoms with Crippen LogP contribution in [-0.2, 0) is 4.79 Å². The largest absolute Gasteiger partial charge is 0.492 e. The molecule has 3 N–H and O–H groups in total. The Morgan fingerprint density at radius 1 is 1.03 bits per heavy atom. The van der Waals surface area contributed by atoms with Gasteiger partial charge in [-0.1, -0.05) is 56.3 Å². The number of hydrogen-bond donors (Lipinski definition) is 2. The van der Waals surface area contributed by atoms with Crippen LogP contribution in [0.4, 0.5) is 5.69 Å². The van der Waals surface area contributed by atoms with Crippen molar-refractivity contribution in [2.24, 2.45) is 0 Å². The van der Waals surface area contributed by atoms with Gasteiger partial charge in [-0.15, -0.1) is 11.3 Å². The SMILES string of the molecule is CCOc1ccccc1NC(=O)C[NH2+][C@H](c1ccc(C(C)C)cc1)c1cccs1. The Kier molecular flexibility index (Phi) is 7.44. The first-order valence-corrected chi connectivity index (χ1v) is 10.9. The summed E-state index contributed by atoms with van der Waals surface area (Å²) in [6, 6.07) is 20.6. The van der Waals surface area contributed by atoms with Crippen molar-refractivity contribution >= 4 is 22.9 Å². The molecule has 1 heterocycles. The van der Waals surface area contributed by atoms with Crippen LogP contribution in [0, 0.1) is 0 Å². The van der Waals surface area contributed by atoms with Gasteiger partial charge >= 0.3 is 0 Å². The number of carbonyl (C=O) groups is 1. The van der Waals surface area contributed by atoms with Crippen LogP contribution in [0.3, 0.4) is 0 Å². The molecule has 3 aromatic rings. The minimum atomic E-state index is -0.0440. The predicted molar refractivity (Wildman–Crippen MR) is 120 cm³/mol. The summed E-state index contributed by atoms with van der Waals surface area (Å²) in [6.45, 7) is 7.22. The molecule has 0 radical (unpaired) electrons. The molecule has 0 aliphatic rings. The van der Waals surface area contributed by atoms with Gasteiger partial charge in [0.1, 0.15) is 11.8 Å². The van der Waals surface area contributed by atoms with Crippen LogP contribution < -0.4 is 15.4 Å². The van der Waals surface area contributed by atoms with Gasteiger partial charge in [0.05, 0.1) is 17.2 Å². The quantitative estimate of drug-likeness (QED) is 0.544. The second-order valence-electron chi connectivity index (χ2n) is 7.23. The van der Waals surface area contributed by atoms with E-state index >= 15 is 0 Å². The summed E-state index contributed by atoms with van der Waals surface area (Å²) in [5, 5.41) is 7.15. The molecule has 0 unspecified atom stereocenters. The van der Waals surface area contributed by atoms with Crippen molar-refractivity contribution in [3.05, 3.63) is 82.0 Å². The lowest BCUT2D eigenvalue weighted by Crippen LogP contribution is -2.87. The van der Waals surface area contributed by atoms with Gasteiger partial charge in [0.25, 0.3) is 5.91 Å². The van der Waals surface area contributed by atoms with Crippen LogP contribution in [0.5, 0.6) is 5.75 Å². The molecule has 1 atom stereocenters. The number of benzene rings is 2. The monoisotopic (exact) mass is 409 g/mol. The zero-order valence-electron chi connectivity index (χ0n) is 17.2. The third-order valence-electron chi connectivity index (χ3n) is 4.81. The topological polar surface area (TPSA) is 54.9 Å². The molecule has 0 saturated heterocycles. The third kappa shape index (κ3) is 5.68. The van der Waals surface area contributed by atoms with Crippen LogP contribution in [0.15, 0.2) is 66.0 Å². The maximum atomic E-state index is 12.6. The number of rotatable bonds is 9. The number of carbonyl (C=O) groups excluding carboxylic acids is 1. The third-order valence-corrected chi connectivity index (χ3v) is 5.77. The number of ether oxygens (including phenoxy) is 1. The van der Waals surface area contributed by atoms with Gasteiger partial charge < -0.3 is 15.4 Å². The van der Waals surface area contributed by atoms with E-state index in [4.69, 9.17) is 4.74 Å². The maximum absolute atomic E-state index is 12.6. The van der Waals surface area contributed by atoms with Crippen LogP contribution in [0.2, 0.25) is 0 Å². The molecule has 0 saturated carbocycles. The first kappa shape index (κ1) is 21.1. The van der Waals surface area contributed by atoms with E-state index in [1.165, 1.54) is 16.0 Å². The molecule has 0 fully saturated rings. The molecule has 0 aliphatic heterocycles. The lowest BCUT2D eigenvalue weighted by atomic mass is 9.98. The van der Waals surface area contributed by atoms with E-state index in [2.05, 4.69) is 66.3 Å². The zero-order chi connectivity index (χ0) is 20.6. The normalized spacial score (nSPS) is 12.0. The number of thiophene rings is 1. The molecule has 0 spiro atoms. The molecule has 5 heteroatoms. The summed E-state index contributed by atoms with van der Waals surface area (Å²) >= 11 is 1.72. The fourth-order valence-corrected chi connectivity index (χ4v) is 4.10. The Balaban J connectivity index is 1.70. The number of nitrogens with one attached hydrogen (secondary N) is 1. The first-order chi connectivity index (χ1) is 14.1. The number of nitrogens with two attached hydrogens (primary N) is 1. The smallest absolute Gasteiger partial charge is 0.279 e. The fraction of sp³-hybridized carbons (Fsp3) is 0.292. The Hall–Kier alpha value is -2.63. The van der Waals surface area contributed by atoms with Gasteiger partial charge in [0, 0.05) is 5.56 Å². The average molecular weight is 410 g/mol. The van der Waals surface area contributed by atoms with Crippen LogP contribution in [-0.4, -0.2) is 19.1 Å². The van der Waals surface area contributed by atoms with Gasteiger partial charge in [0.2, 0.25) is 0 Å². The first-order valence-electron chi connectivity index (χ1n) is 10.1. The zero-order valence-corrected chi connectivity index (χ0v) is 18.0. The van der Waals surface area contributed by atoms with Gasteiger partial charge in [0.15, 0.2) is 6.54 Å². The molecule has 29 heavy (non-hydrogen) atoms. The molecule has 0 aliphatic carbocycles.